The maximum atomic E-state index is 3.34. The minimum atomic E-state index is -1.53. The number of hydrogen-bond donors (Lipinski definition) is 1. The van der Waals surface area contributed by atoms with Gasteiger partial charge in [-0.25, -0.2) is 0 Å². The first-order valence-electron chi connectivity index (χ1n) is 6.40. The van der Waals surface area contributed by atoms with E-state index >= 15 is 0 Å². The molecular weight excluding hydrogens is 234 g/mol. The Morgan fingerprint density at radius 1 is 0.889 bits per heavy atom. The van der Waals surface area contributed by atoms with Gasteiger partial charge in [0.1, 0.15) is 0 Å². The van der Waals surface area contributed by atoms with Crippen LogP contribution in [0.2, 0.25) is 13.1 Å². The summed E-state index contributed by atoms with van der Waals surface area (Å²) >= 11 is 0. The zero-order chi connectivity index (χ0) is 12.3. The number of benzene rings is 2. The summed E-state index contributed by atoms with van der Waals surface area (Å²) in [7, 11) is -1.53. The zero-order valence-electron chi connectivity index (χ0n) is 10.6. The van der Waals surface area contributed by atoms with Crippen molar-refractivity contribution in [1.29, 1.82) is 0 Å². The first-order chi connectivity index (χ1) is 8.69. The number of aromatic nitrogens is 1. The van der Waals surface area contributed by atoms with Crippen LogP contribution in [0.5, 0.6) is 0 Å². The molecule has 2 heterocycles. The lowest BCUT2D eigenvalue weighted by Crippen LogP contribution is -2.49. The molecule has 1 aliphatic heterocycles. The minimum absolute atomic E-state index is 1.27. The molecule has 0 radical (unpaired) electrons. The summed E-state index contributed by atoms with van der Waals surface area (Å²) in [5.74, 6) is 0. The Balaban J connectivity index is 2.21. The van der Waals surface area contributed by atoms with Gasteiger partial charge < -0.3 is 4.98 Å². The summed E-state index contributed by atoms with van der Waals surface area (Å²) in [6, 6.07) is 15.6. The number of nitrogens with one attached hydrogen (secondary N) is 1. The van der Waals surface area contributed by atoms with Gasteiger partial charge in [0.25, 0.3) is 0 Å². The summed E-state index contributed by atoms with van der Waals surface area (Å²) in [4.78, 5) is 3.34. The van der Waals surface area contributed by atoms with Gasteiger partial charge in [0.2, 0.25) is 0 Å². The molecule has 2 aromatic carbocycles. The second kappa shape index (κ2) is 3.15. The van der Waals surface area contributed by atoms with Gasteiger partial charge in [-0.2, -0.15) is 23.5 Å². The lowest BCUT2D eigenvalue weighted by Gasteiger charge is -2.32. The predicted molar refractivity (Wildman–Crippen MR) is 80.5 cm³/mol. The SMILES string of the molecule is C[Si-]1(C)c2ccccc2-c2ccc3[nH]ccc3c21. The maximum Gasteiger partial charge on any atom is 0.0425 e. The minimum Gasteiger partial charge on any atom is -0.361 e. The molecule has 1 aliphatic rings. The summed E-state index contributed by atoms with van der Waals surface area (Å²) in [5, 5.41) is 4.59. The average Bonchev–Trinajstić information content (AvgIpc) is 2.92. The molecule has 1 nitrogen and oxygen atoms in total. The van der Waals surface area contributed by atoms with Crippen LogP contribution < -0.4 is 10.4 Å². The van der Waals surface area contributed by atoms with Crippen molar-refractivity contribution in [1.82, 2.24) is 4.98 Å². The van der Waals surface area contributed by atoms with E-state index in [9.17, 15) is 0 Å². The van der Waals surface area contributed by atoms with Crippen molar-refractivity contribution >= 4 is 29.4 Å². The number of aromatic amines is 1. The van der Waals surface area contributed by atoms with E-state index in [4.69, 9.17) is 0 Å². The fourth-order valence-electron chi connectivity index (χ4n) is 3.43. The molecular formula is C16H15NSi-. The molecule has 1 N–H and O–H groups in total. The molecule has 0 amide bonds. The van der Waals surface area contributed by atoms with Crippen molar-refractivity contribution in [3.8, 4) is 11.1 Å². The Hall–Kier alpha value is -1.80. The number of fused-ring (bicyclic) bond motifs is 5. The summed E-state index contributed by atoms with van der Waals surface area (Å²) < 4.78 is 0. The Morgan fingerprint density at radius 2 is 1.72 bits per heavy atom. The highest BCUT2D eigenvalue weighted by Crippen LogP contribution is 2.31. The smallest absolute Gasteiger partial charge is 0.0425 e. The Labute approximate surface area is 107 Å². The van der Waals surface area contributed by atoms with Crippen LogP contribution in [0.15, 0.2) is 48.7 Å². The average molecular weight is 249 g/mol. The van der Waals surface area contributed by atoms with E-state index in [-0.39, 0.29) is 0 Å². The molecule has 1 aromatic heterocycles. The highest BCUT2D eigenvalue weighted by atomic mass is 28.3. The van der Waals surface area contributed by atoms with Crippen LogP contribution in [0.1, 0.15) is 0 Å². The van der Waals surface area contributed by atoms with Gasteiger partial charge in [-0.15, -0.1) is 0 Å². The van der Waals surface area contributed by atoms with Crippen molar-refractivity contribution < 1.29 is 0 Å². The highest BCUT2D eigenvalue weighted by molar-refractivity contribution is 7.05. The van der Waals surface area contributed by atoms with E-state index in [2.05, 4.69) is 66.7 Å². The molecule has 0 aliphatic carbocycles. The van der Waals surface area contributed by atoms with E-state index in [0.717, 1.165) is 0 Å². The molecule has 0 spiro atoms. The van der Waals surface area contributed by atoms with E-state index in [0.29, 0.717) is 0 Å². The molecule has 0 saturated carbocycles. The maximum absolute atomic E-state index is 3.34. The van der Waals surface area contributed by atoms with Gasteiger partial charge >= 0.3 is 0 Å². The van der Waals surface area contributed by atoms with Gasteiger partial charge in [0, 0.05) is 11.7 Å². The Kier molecular flexibility index (Phi) is 1.77. The first kappa shape index (κ1) is 10.2. The normalized spacial score (nSPS) is 15.7. The zero-order valence-corrected chi connectivity index (χ0v) is 11.6. The molecule has 2 heteroatoms. The quantitative estimate of drug-likeness (QED) is 0.590. The van der Waals surface area contributed by atoms with E-state index in [1.54, 1.807) is 10.4 Å². The number of hydrogen-bond acceptors (Lipinski definition) is 0. The van der Waals surface area contributed by atoms with Gasteiger partial charge in [-0.3, -0.25) is 0 Å². The predicted octanol–water partition coefficient (Wildman–Crippen LogP) is 2.97. The molecule has 0 atom stereocenters. The third-order valence-corrected chi connectivity index (χ3v) is 7.82. The lowest BCUT2D eigenvalue weighted by atomic mass is 10.0. The third kappa shape index (κ3) is 1.06. The topological polar surface area (TPSA) is 15.8 Å². The second-order valence-corrected chi connectivity index (χ2v) is 9.89. The van der Waals surface area contributed by atoms with E-state index in [1.165, 1.54) is 22.0 Å². The highest BCUT2D eigenvalue weighted by Gasteiger charge is 2.27. The standard InChI is InChI=1S/C16H15NSi/c1-18(2)15-6-4-3-5-11(15)12-7-8-14-13(16(12)18)9-10-17-14/h3-10,17H,1-2H3/q-1. The molecule has 4 rings (SSSR count). The monoisotopic (exact) mass is 249 g/mol. The molecule has 0 saturated heterocycles. The van der Waals surface area contributed by atoms with Crippen molar-refractivity contribution in [3.05, 3.63) is 48.7 Å². The van der Waals surface area contributed by atoms with Crippen LogP contribution in [0.4, 0.5) is 0 Å². The van der Waals surface area contributed by atoms with Crippen molar-refractivity contribution in [2.24, 2.45) is 0 Å². The molecule has 0 fully saturated rings. The Bertz CT molecular complexity index is 768. The van der Waals surface area contributed by atoms with Crippen LogP contribution in [-0.2, 0) is 0 Å². The van der Waals surface area contributed by atoms with E-state index < -0.39 is 8.07 Å². The van der Waals surface area contributed by atoms with Gasteiger partial charge in [0.15, 0.2) is 0 Å². The summed E-state index contributed by atoms with van der Waals surface area (Å²) in [6.07, 6.45) is 2.05. The molecule has 3 aromatic rings. The van der Waals surface area contributed by atoms with Gasteiger partial charge in [-0.05, 0) is 17.5 Å². The van der Waals surface area contributed by atoms with Crippen molar-refractivity contribution in [3.63, 3.8) is 0 Å². The summed E-state index contributed by atoms with van der Waals surface area (Å²) in [6.45, 7) is 4.92. The number of rotatable bonds is 0. The molecule has 0 bridgehead atoms. The first-order valence-corrected chi connectivity index (χ1v) is 9.40. The van der Waals surface area contributed by atoms with Crippen LogP contribution in [0.25, 0.3) is 22.0 Å². The largest absolute Gasteiger partial charge is 0.361 e. The fraction of sp³-hybridized carbons (Fsp3) is 0.125. The lowest BCUT2D eigenvalue weighted by molar-refractivity contribution is 1.48. The summed E-state index contributed by atoms with van der Waals surface area (Å²) in [5.41, 5.74) is 4.17. The van der Waals surface area contributed by atoms with Crippen molar-refractivity contribution in [2.45, 2.75) is 13.1 Å². The number of H-pyrrole nitrogens is 1. The van der Waals surface area contributed by atoms with Gasteiger partial charge in [-0.1, -0.05) is 49.5 Å². The molecule has 0 unspecified atom stereocenters. The van der Waals surface area contributed by atoms with Crippen LogP contribution in [-0.4, -0.2) is 13.1 Å². The molecule has 18 heavy (non-hydrogen) atoms. The Morgan fingerprint density at radius 3 is 2.61 bits per heavy atom. The third-order valence-electron chi connectivity index (χ3n) is 4.25. The van der Waals surface area contributed by atoms with Crippen LogP contribution >= 0.6 is 0 Å². The molecule has 89 valence electrons. The van der Waals surface area contributed by atoms with Crippen LogP contribution in [0.3, 0.4) is 0 Å². The second-order valence-electron chi connectivity index (χ2n) is 5.60. The van der Waals surface area contributed by atoms with E-state index in [1.807, 2.05) is 0 Å². The van der Waals surface area contributed by atoms with Gasteiger partial charge in [0.05, 0.1) is 0 Å². The van der Waals surface area contributed by atoms with Crippen LogP contribution in [0, 0.1) is 0 Å². The fourth-order valence-corrected chi connectivity index (χ4v) is 6.89. The van der Waals surface area contributed by atoms with Crippen molar-refractivity contribution in [2.75, 3.05) is 0 Å².